The Morgan fingerprint density at radius 3 is 2.29 bits per heavy atom. The van der Waals surface area contributed by atoms with Gasteiger partial charge < -0.3 is 14.2 Å². The lowest BCUT2D eigenvalue weighted by molar-refractivity contribution is 0.0934. The van der Waals surface area contributed by atoms with Crippen LogP contribution in [0.2, 0.25) is 0 Å². The maximum absolute atomic E-state index is 5.45. The van der Waals surface area contributed by atoms with Crippen LogP contribution in [0.5, 0.6) is 11.5 Å². The van der Waals surface area contributed by atoms with Crippen LogP contribution < -0.4 is 9.47 Å². The average molecular weight is 294 g/mol. The molecule has 1 aromatic rings. The summed E-state index contributed by atoms with van der Waals surface area (Å²) in [5, 5.41) is 0. The molecule has 118 valence electrons. The van der Waals surface area contributed by atoms with Crippen molar-refractivity contribution in [2.24, 2.45) is 0 Å². The fourth-order valence-electron chi connectivity index (χ4n) is 2.64. The third-order valence-electron chi connectivity index (χ3n) is 3.96. The molecule has 21 heavy (non-hydrogen) atoms. The molecule has 0 amide bonds. The summed E-state index contributed by atoms with van der Waals surface area (Å²) in [6.07, 6.45) is 0. The summed E-state index contributed by atoms with van der Waals surface area (Å²) in [4.78, 5) is 4.91. The van der Waals surface area contributed by atoms with Gasteiger partial charge in [-0.05, 0) is 18.2 Å². The minimum absolute atomic E-state index is 0.809. The second kappa shape index (κ2) is 8.22. The van der Waals surface area contributed by atoms with Gasteiger partial charge in [-0.3, -0.25) is 9.80 Å². The first-order chi connectivity index (χ1) is 10.3. The van der Waals surface area contributed by atoms with Gasteiger partial charge in [0.15, 0.2) is 0 Å². The molecule has 5 heteroatoms. The van der Waals surface area contributed by atoms with Crippen LogP contribution in [0.1, 0.15) is 5.56 Å². The first-order valence-electron chi connectivity index (χ1n) is 7.41. The average Bonchev–Trinajstić information content (AvgIpc) is 2.54. The summed E-state index contributed by atoms with van der Waals surface area (Å²) in [5.74, 6) is 1.81. The van der Waals surface area contributed by atoms with E-state index in [0.29, 0.717) is 0 Å². The summed E-state index contributed by atoms with van der Waals surface area (Å²) < 4.78 is 15.9. The van der Waals surface area contributed by atoms with Crippen LogP contribution in [0, 0.1) is 0 Å². The number of hydrogen-bond donors (Lipinski definition) is 0. The normalized spacial score (nSPS) is 16.9. The topological polar surface area (TPSA) is 34.2 Å². The van der Waals surface area contributed by atoms with Crippen molar-refractivity contribution in [1.82, 2.24) is 9.80 Å². The highest BCUT2D eigenvalue weighted by Crippen LogP contribution is 2.25. The van der Waals surface area contributed by atoms with Crippen molar-refractivity contribution in [3.8, 4) is 11.5 Å². The van der Waals surface area contributed by atoms with E-state index in [4.69, 9.17) is 14.2 Å². The standard InChI is InChI=1S/C16H26N2O3/c1-19-11-10-17-6-8-18(9-7-17)13-14-12-15(20-2)4-5-16(14)21-3/h4-5,12H,6-11,13H2,1-3H3. The summed E-state index contributed by atoms with van der Waals surface area (Å²) in [6, 6.07) is 5.98. The zero-order valence-electron chi connectivity index (χ0n) is 13.3. The van der Waals surface area contributed by atoms with Crippen LogP contribution in [-0.4, -0.2) is 70.5 Å². The number of hydrogen-bond acceptors (Lipinski definition) is 5. The van der Waals surface area contributed by atoms with Gasteiger partial charge >= 0.3 is 0 Å². The SMILES string of the molecule is COCCN1CCN(Cc2cc(OC)ccc2OC)CC1. The molecule has 0 bridgehead atoms. The lowest BCUT2D eigenvalue weighted by Gasteiger charge is -2.34. The number of nitrogens with zero attached hydrogens (tertiary/aromatic N) is 2. The molecule has 0 unspecified atom stereocenters. The van der Waals surface area contributed by atoms with Crippen molar-refractivity contribution in [3.05, 3.63) is 23.8 Å². The van der Waals surface area contributed by atoms with Gasteiger partial charge in [0, 0.05) is 51.9 Å². The number of ether oxygens (including phenoxy) is 3. The van der Waals surface area contributed by atoms with E-state index in [2.05, 4.69) is 15.9 Å². The van der Waals surface area contributed by atoms with Gasteiger partial charge in [-0.15, -0.1) is 0 Å². The molecule has 1 heterocycles. The van der Waals surface area contributed by atoms with E-state index in [1.807, 2.05) is 12.1 Å². The third kappa shape index (κ3) is 4.59. The van der Waals surface area contributed by atoms with E-state index in [9.17, 15) is 0 Å². The van der Waals surface area contributed by atoms with Gasteiger partial charge in [0.2, 0.25) is 0 Å². The molecule has 1 aliphatic heterocycles. The second-order valence-corrected chi connectivity index (χ2v) is 5.29. The van der Waals surface area contributed by atoms with Crippen LogP contribution in [-0.2, 0) is 11.3 Å². The van der Waals surface area contributed by atoms with Gasteiger partial charge in [-0.1, -0.05) is 0 Å². The van der Waals surface area contributed by atoms with Crippen molar-refractivity contribution >= 4 is 0 Å². The number of rotatable bonds is 7. The highest BCUT2D eigenvalue weighted by Gasteiger charge is 2.18. The number of piperazine rings is 1. The summed E-state index contributed by atoms with van der Waals surface area (Å²) >= 11 is 0. The van der Waals surface area contributed by atoms with E-state index in [1.54, 1.807) is 21.3 Å². The van der Waals surface area contributed by atoms with E-state index in [-0.39, 0.29) is 0 Å². The summed E-state index contributed by atoms with van der Waals surface area (Å²) in [6.45, 7) is 7.06. The van der Waals surface area contributed by atoms with E-state index < -0.39 is 0 Å². The number of benzene rings is 1. The highest BCUT2D eigenvalue weighted by atomic mass is 16.5. The molecular weight excluding hydrogens is 268 g/mol. The van der Waals surface area contributed by atoms with Crippen LogP contribution in [0.15, 0.2) is 18.2 Å². The molecule has 5 nitrogen and oxygen atoms in total. The van der Waals surface area contributed by atoms with Crippen LogP contribution in [0.25, 0.3) is 0 Å². The summed E-state index contributed by atoms with van der Waals surface area (Å²) in [7, 11) is 5.17. The molecular formula is C16H26N2O3. The Kier molecular flexibility index (Phi) is 6.29. The van der Waals surface area contributed by atoms with Gasteiger partial charge in [-0.2, -0.15) is 0 Å². The van der Waals surface area contributed by atoms with Gasteiger partial charge in [0.1, 0.15) is 11.5 Å². The number of methoxy groups -OCH3 is 3. The first kappa shape index (κ1) is 16.1. The zero-order chi connectivity index (χ0) is 15.1. The Morgan fingerprint density at radius 2 is 1.67 bits per heavy atom. The molecule has 1 aliphatic rings. The molecule has 1 aromatic carbocycles. The van der Waals surface area contributed by atoms with Crippen LogP contribution >= 0.6 is 0 Å². The minimum Gasteiger partial charge on any atom is -0.497 e. The molecule has 0 N–H and O–H groups in total. The highest BCUT2D eigenvalue weighted by molar-refractivity contribution is 5.40. The summed E-state index contributed by atoms with van der Waals surface area (Å²) in [5.41, 5.74) is 1.18. The Balaban J connectivity index is 1.90. The molecule has 0 aliphatic carbocycles. The first-order valence-corrected chi connectivity index (χ1v) is 7.41. The molecule has 0 spiro atoms. The molecule has 1 fully saturated rings. The fourth-order valence-corrected chi connectivity index (χ4v) is 2.64. The Labute approximate surface area is 127 Å². The molecule has 0 atom stereocenters. The van der Waals surface area contributed by atoms with Crippen molar-refractivity contribution in [2.45, 2.75) is 6.54 Å². The van der Waals surface area contributed by atoms with Crippen molar-refractivity contribution in [2.75, 3.05) is 60.7 Å². The van der Waals surface area contributed by atoms with E-state index in [1.165, 1.54) is 5.56 Å². The van der Waals surface area contributed by atoms with E-state index >= 15 is 0 Å². The maximum atomic E-state index is 5.45. The Morgan fingerprint density at radius 1 is 0.952 bits per heavy atom. The van der Waals surface area contributed by atoms with Crippen molar-refractivity contribution < 1.29 is 14.2 Å². The lowest BCUT2D eigenvalue weighted by atomic mass is 10.1. The smallest absolute Gasteiger partial charge is 0.123 e. The predicted molar refractivity (Wildman–Crippen MR) is 83.1 cm³/mol. The monoisotopic (exact) mass is 294 g/mol. The van der Waals surface area contributed by atoms with E-state index in [0.717, 1.165) is 57.4 Å². The molecule has 2 rings (SSSR count). The van der Waals surface area contributed by atoms with Gasteiger partial charge in [0.05, 0.1) is 20.8 Å². The molecule has 0 saturated carbocycles. The molecule has 0 radical (unpaired) electrons. The van der Waals surface area contributed by atoms with Crippen molar-refractivity contribution in [3.63, 3.8) is 0 Å². The van der Waals surface area contributed by atoms with Gasteiger partial charge in [-0.25, -0.2) is 0 Å². The predicted octanol–water partition coefficient (Wildman–Crippen LogP) is 1.47. The largest absolute Gasteiger partial charge is 0.497 e. The second-order valence-electron chi connectivity index (χ2n) is 5.29. The minimum atomic E-state index is 0.809. The van der Waals surface area contributed by atoms with Crippen LogP contribution in [0.3, 0.4) is 0 Å². The Bertz CT molecular complexity index is 432. The lowest BCUT2D eigenvalue weighted by Crippen LogP contribution is -2.46. The fraction of sp³-hybridized carbons (Fsp3) is 0.625. The van der Waals surface area contributed by atoms with Crippen LogP contribution in [0.4, 0.5) is 0 Å². The third-order valence-corrected chi connectivity index (χ3v) is 3.96. The molecule has 0 aromatic heterocycles. The van der Waals surface area contributed by atoms with Crippen molar-refractivity contribution in [1.29, 1.82) is 0 Å². The molecule has 1 saturated heterocycles. The zero-order valence-corrected chi connectivity index (χ0v) is 13.3. The quantitative estimate of drug-likeness (QED) is 0.761. The Hall–Kier alpha value is -1.30. The maximum Gasteiger partial charge on any atom is 0.123 e. The van der Waals surface area contributed by atoms with Gasteiger partial charge in [0.25, 0.3) is 0 Å².